The summed E-state index contributed by atoms with van der Waals surface area (Å²) in [4.78, 5) is 37.2. The number of carboxylic acids is 1. The molecule has 0 spiro atoms. The summed E-state index contributed by atoms with van der Waals surface area (Å²) in [6.45, 7) is -0.863. The number of anilines is 1. The molecule has 3 aromatic carbocycles. The van der Waals surface area contributed by atoms with Gasteiger partial charge in [0.05, 0.1) is 17.5 Å². The predicted molar refractivity (Wildman–Crippen MR) is 132 cm³/mol. The van der Waals surface area contributed by atoms with E-state index in [1.807, 2.05) is 0 Å². The number of hydrogen-bond donors (Lipinski definition) is 1. The SMILES string of the molecule is O=C(O)[C@@H]1[C@@H](c2ccc(Cl)cc2)N(c2ccc(Cl)cc2)C(=O)CN1S(=O)(=O)c1ccccc1[N+](=O)[O-]. The van der Waals surface area contributed by atoms with Crippen LogP contribution in [0.25, 0.3) is 0 Å². The summed E-state index contributed by atoms with van der Waals surface area (Å²) in [7, 11) is -4.81. The number of aliphatic carboxylic acids is 1. The smallest absolute Gasteiger partial charge is 0.324 e. The van der Waals surface area contributed by atoms with Gasteiger partial charge in [0.1, 0.15) is 6.04 Å². The molecule has 10 nitrogen and oxygen atoms in total. The van der Waals surface area contributed by atoms with Crippen LogP contribution in [0.2, 0.25) is 10.0 Å². The van der Waals surface area contributed by atoms with Crippen LogP contribution in [0, 0.1) is 10.1 Å². The third-order valence-electron chi connectivity index (χ3n) is 5.67. The van der Waals surface area contributed by atoms with Crippen molar-refractivity contribution in [3.8, 4) is 0 Å². The largest absolute Gasteiger partial charge is 0.480 e. The van der Waals surface area contributed by atoms with E-state index in [0.717, 1.165) is 12.1 Å². The molecule has 1 fully saturated rings. The molecule has 1 saturated heterocycles. The van der Waals surface area contributed by atoms with Crippen molar-refractivity contribution in [3.05, 3.63) is 98.5 Å². The Labute approximate surface area is 215 Å². The van der Waals surface area contributed by atoms with Crippen molar-refractivity contribution in [1.29, 1.82) is 0 Å². The zero-order valence-electron chi connectivity index (χ0n) is 18.2. The van der Waals surface area contributed by atoms with Crippen molar-refractivity contribution in [2.75, 3.05) is 11.4 Å². The Morgan fingerprint density at radius 3 is 2.08 bits per heavy atom. The normalized spacial score (nSPS) is 18.7. The molecule has 13 heteroatoms. The maximum atomic E-state index is 13.6. The van der Waals surface area contributed by atoms with Gasteiger partial charge in [0, 0.05) is 21.8 Å². The van der Waals surface area contributed by atoms with Gasteiger partial charge in [-0.15, -0.1) is 0 Å². The average Bonchev–Trinajstić information content (AvgIpc) is 2.84. The summed E-state index contributed by atoms with van der Waals surface area (Å²) in [6.07, 6.45) is 0. The van der Waals surface area contributed by atoms with Crippen molar-refractivity contribution in [2.45, 2.75) is 17.0 Å². The standard InChI is InChI=1S/C23H17Cl2N3O7S/c24-15-7-5-14(6-8-15)21-22(23(30)31)26(13-20(29)27(21)17-11-9-16(25)10-12-17)36(34,35)19-4-2-1-3-18(19)28(32)33/h1-12,21-22H,13H2,(H,30,31)/t21-,22+/m1/s1. The van der Waals surface area contributed by atoms with Gasteiger partial charge in [-0.3, -0.25) is 19.7 Å². The molecule has 1 amide bonds. The second-order valence-electron chi connectivity index (χ2n) is 7.79. The third-order valence-corrected chi connectivity index (χ3v) is 8.04. The summed E-state index contributed by atoms with van der Waals surface area (Å²) in [6, 6.07) is 13.4. The number of carboxylic acid groups (broad SMARTS) is 1. The molecule has 1 aliphatic heterocycles. The minimum Gasteiger partial charge on any atom is -0.480 e. The van der Waals surface area contributed by atoms with Crippen LogP contribution in [-0.4, -0.2) is 47.2 Å². The number of rotatable bonds is 6. The number of piperazine rings is 1. The van der Waals surface area contributed by atoms with E-state index in [2.05, 4.69) is 0 Å². The molecule has 1 heterocycles. The second kappa shape index (κ2) is 9.86. The first-order valence-electron chi connectivity index (χ1n) is 10.3. The van der Waals surface area contributed by atoms with E-state index in [-0.39, 0.29) is 5.56 Å². The Morgan fingerprint density at radius 1 is 0.972 bits per heavy atom. The maximum Gasteiger partial charge on any atom is 0.324 e. The first kappa shape index (κ1) is 25.6. The lowest BCUT2D eigenvalue weighted by molar-refractivity contribution is -0.387. The highest BCUT2D eigenvalue weighted by atomic mass is 35.5. The van der Waals surface area contributed by atoms with Crippen molar-refractivity contribution in [1.82, 2.24) is 4.31 Å². The molecule has 3 aromatic rings. The van der Waals surface area contributed by atoms with E-state index in [9.17, 15) is 33.2 Å². The van der Waals surface area contributed by atoms with Gasteiger partial charge in [-0.05, 0) is 48.0 Å². The Morgan fingerprint density at radius 2 is 1.53 bits per heavy atom. The Bertz CT molecular complexity index is 1450. The van der Waals surface area contributed by atoms with Gasteiger partial charge in [-0.25, -0.2) is 8.42 Å². The molecule has 1 N–H and O–H groups in total. The van der Waals surface area contributed by atoms with Crippen LogP contribution in [-0.2, 0) is 19.6 Å². The van der Waals surface area contributed by atoms with E-state index in [4.69, 9.17) is 23.2 Å². The zero-order chi connectivity index (χ0) is 26.2. The zero-order valence-corrected chi connectivity index (χ0v) is 20.5. The molecule has 0 radical (unpaired) electrons. The molecule has 2 atom stereocenters. The van der Waals surface area contributed by atoms with Gasteiger partial charge in [-0.1, -0.05) is 47.5 Å². The predicted octanol–water partition coefficient (Wildman–Crippen LogP) is 4.13. The summed E-state index contributed by atoms with van der Waals surface area (Å²) in [5.74, 6) is -2.29. The molecule has 0 unspecified atom stereocenters. The van der Waals surface area contributed by atoms with E-state index in [1.54, 1.807) is 0 Å². The summed E-state index contributed by atoms with van der Waals surface area (Å²) in [5.41, 5.74) is -0.159. The fraction of sp³-hybridized carbons (Fsp3) is 0.130. The maximum absolute atomic E-state index is 13.6. The molecule has 0 aromatic heterocycles. The number of hydrogen-bond acceptors (Lipinski definition) is 6. The number of carbonyl (C=O) groups is 2. The number of nitro groups is 1. The van der Waals surface area contributed by atoms with Gasteiger partial charge in [0.15, 0.2) is 4.90 Å². The van der Waals surface area contributed by atoms with Crippen LogP contribution < -0.4 is 4.90 Å². The average molecular weight is 550 g/mol. The van der Waals surface area contributed by atoms with Crippen molar-refractivity contribution in [2.24, 2.45) is 0 Å². The Balaban J connectivity index is 1.93. The van der Waals surface area contributed by atoms with E-state index in [0.29, 0.717) is 20.0 Å². The molecule has 4 rings (SSSR count). The van der Waals surface area contributed by atoms with E-state index < -0.39 is 56.0 Å². The molecule has 36 heavy (non-hydrogen) atoms. The number of amides is 1. The van der Waals surface area contributed by atoms with Crippen LogP contribution in [0.3, 0.4) is 0 Å². The highest BCUT2D eigenvalue weighted by Gasteiger charge is 2.51. The molecule has 0 aliphatic carbocycles. The molecule has 0 bridgehead atoms. The minimum absolute atomic E-state index is 0.289. The molecule has 1 aliphatic rings. The number of para-hydroxylation sites is 1. The summed E-state index contributed by atoms with van der Waals surface area (Å²) < 4.78 is 27.8. The third kappa shape index (κ3) is 4.65. The fourth-order valence-electron chi connectivity index (χ4n) is 4.10. The first-order chi connectivity index (χ1) is 17.0. The molecular formula is C23H17Cl2N3O7S. The lowest BCUT2D eigenvalue weighted by atomic mass is 9.94. The number of nitrogens with zero attached hydrogens (tertiary/aromatic N) is 3. The second-order valence-corrected chi connectivity index (χ2v) is 10.5. The molecule has 0 saturated carbocycles. The summed E-state index contributed by atoms with van der Waals surface area (Å²) in [5, 5.41) is 22.5. The Kier molecular flexibility index (Phi) is 7.01. The number of nitro benzene ring substituents is 1. The van der Waals surface area contributed by atoms with E-state index in [1.165, 1.54) is 65.6 Å². The number of sulfonamides is 1. The number of benzene rings is 3. The first-order valence-corrected chi connectivity index (χ1v) is 12.5. The highest BCUT2D eigenvalue weighted by molar-refractivity contribution is 7.89. The van der Waals surface area contributed by atoms with Crippen LogP contribution in [0.1, 0.15) is 11.6 Å². The lowest BCUT2D eigenvalue weighted by Crippen LogP contribution is -2.62. The molecular weight excluding hydrogens is 533 g/mol. The van der Waals surface area contributed by atoms with Crippen LogP contribution in [0.5, 0.6) is 0 Å². The van der Waals surface area contributed by atoms with Gasteiger partial charge in [0.25, 0.3) is 15.7 Å². The van der Waals surface area contributed by atoms with Crippen LogP contribution in [0.15, 0.2) is 77.7 Å². The highest BCUT2D eigenvalue weighted by Crippen LogP contribution is 2.40. The van der Waals surface area contributed by atoms with Crippen LogP contribution in [0.4, 0.5) is 11.4 Å². The van der Waals surface area contributed by atoms with Crippen molar-refractivity contribution >= 4 is 56.5 Å². The lowest BCUT2D eigenvalue weighted by Gasteiger charge is -2.44. The van der Waals surface area contributed by atoms with Crippen molar-refractivity contribution < 1.29 is 28.0 Å². The number of carbonyl (C=O) groups excluding carboxylic acids is 1. The Hall–Kier alpha value is -3.51. The molecule has 186 valence electrons. The number of halogens is 2. The van der Waals surface area contributed by atoms with Gasteiger partial charge >= 0.3 is 5.97 Å². The quantitative estimate of drug-likeness (QED) is 0.360. The van der Waals surface area contributed by atoms with Crippen molar-refractivity contribution in [3.63, 3.8) is 0 Å². The monoisotopic (exact) mass is 549 g/mol. The fourth-order valence-corrected chi connectivity index (χ4v) is 6.05. The minimum atomic E-state index is -4.81. The topological polar surface area (TPSA) is 138 Å². The van der Waals surface area contributed by atoms with E-state index >= 15 is 0 Å². The van der Waals surface area contributed by atoms with Gasteiger partial charge < -0.3 is 10.0 Å². The van der Waals surface area contributed by atoms with Gasteiger partial charge in [-0.2, -0.15) is 4.31 Å². The van der Waals surface area contributed by atoms with Gasteiger partial charge in [0.2, 0.25) is 5.91 Å². The van der Waals surface area contributed by atoms with Crippen LogP contribution >= 0.6 is 23.2 Å². The summed E-state index contributed by atoms with van der Waals surface area (Å²) >= 11 is 12.0.